The van der Waals surface area contributed by atoms with Gasteiger partial charge in [0.1, 0.15) is 0 Å². The number of hydrogen-bond acceptors (Lipinski definition) is 2. The van der Waals surface area contributed by atoms with Crippen molar-refractivity contribution in [2.24, 2.45) is 0 Å². The van der Waals surface area contributed by atoms with Crippen LogP contribution in [0.4, 0.5) is 5.69 Å². The first-order valence-corrected chi connectivity index (χ1v) is 12.3. The largest absolute Gasteiger partial charge is 0.349 e. The molecule has 0 bridgehead atoms. The number of hydrogen-bond donors (Lipinski definition) is 1. The first-order valence-electron chi connectivity index (χ1n) is 12.3. The van der Waals surface area contributed by atoms with Crippen LogP contribution < -0.4 is 10.2 Å². The molecule has 0 aliphatic carbocycles. The zero-order valence-electron chi connectivity index (χ0n) is 21.1. The highest BCUT2D eigenvalue weighted by atomic mass is 16.2. The molecule has 1 N–H and O–H groups in total. The van der Waals surface area contributed by atoms with Crippen LogP contribution in [0.3, 0.4) is 0 Å². The molecule has 1 atom stereocenters. The predicted octanol–water partition coefficient (Wildman–Crippen LogP) is 6.57. The number of anilines is 1. The minimum absolute atomic E-state index is 0.0357. The first-order chi connectivity index (χ1) is 17.4. The van der Waals surface area contributed by atoms with Gasteiger partial charge in [-0.15, -0.1) is 0 Å². The standard InChI is InChI=1S/C32H32N2O2/c1-23-12-16-29(17-13-23)32(36)34(22-27-9-7-8-24(2)20-27)30-18-14-26(15-19-30)21-31(35)33-25(3)28-10-5-4-6-11-28/h4-20,25H,21-22H2,1-3H3,(H,33,35). The predicted molar refractivity (Wildman–Crippen MR) is 146 cm³/mol. The van der Waals surface area contributed by atoms with Gasteiger partial charge < -0.3 is 10.2 Å². The van der Waals surface area contributed by atoms with Gasteiger partial charge in [-0.1, -0.05) is 90.0 Å². The monoisotopic (exact) mass is 476 g/mol. The summed E-state index contributed by atoms with van der Waals surface area (Å²) in [5.41, 5.74) is 6.74. The zero-order chi connectivity index (χ0) is 25.5. The Morgan fingerprint density at radius 3 is 2.11 bits per heavy atom. The fourth-order valence-corrected chi connectivity index (χ4v) is 4.22. The minimum atomic E-state index is -0.0603. The van der Waals surface area contributed by atoms with Crippen molar-refractivity contribution in [1.29, 1.82) is 0 Å². The Hall–Kier alpha value is -4.18. The highest BCUT2D eigenvalue weighted by Crippen LogP contribution is 2.22. The number of amides is 2. The van der Waals surface area contributed by atoms with Crippen LogP contribution in [0, 0.1) is 13.8 Å². The van der Waals surface area contributed by atoms with Crippen LogP contribution in [0.5, 0.6) is 0 Å². The van der Waals surface area contributed by atoms with Gasteiger partial charge in [-0.05, 0) is 61.7 Å². The second-order valence-corrected chi connectivity index (χ2v) is 9.29. The van der Waals surface area contributed by atoms with Gasteiger partial charge in [0.2, 0.25) is 5.91 Å². The molecule has 4 aromatic rings. The summed E-state index contributed by atoms with van der Waals surface area (Å²) in [5.74, 6) is -0.0925. The quantitative estimate of drug-likeness (QED) is 0.313. The van der Waals surface area contributed by atoms with Gasteiger partial charge in [0, 0.05) is 11.3 Å². The third-order valence-electron chi connectivity index (χ3n) is 6.26. The van der Waals surface area contributed by atoms with Crippen LogP contribution in [-0.2, 0) is 17.8 Å². The summed E-state index contributed by atoms with van der Waals surface area (Å²) in [6, 6.07) is 33.4. The van der Waals surface area contributed by atoms with E-state index in [4.69, 9.17) is 0 Å². The molecule has 36 heavy (non-hydrogen) atoms. The second-order valence-electron chi connectivity index (χ2n) is 9.29. The zero-order valence-corrected chi connectivity index (χ0v) is 21.1. The molecule has 4 heteroatoms. The minimum Gasteiger partial charge on any atom is -0.349 e. The second kappa shape index (κ2) is 11.5. The van der Waals surface area contributed by atoms with Gasteiger partial charge in [0.15, 0.2) is 0 Å². The highest BCUT2D eigenvalue weighted by molar-refractivity contribution is 6.06. The smallest absolute Gasteiger partial charge is 0.258 e. The number of carbonyl (C=O) groups is 2. The van der Waals surface area contributed by atoms with Crippen molar-refractivity contribution in [3.8, 4) is 0 Å². The lowest BCUT2D eigenvalue weighted by Crippen LogP contribution is -2.30. The molecule has 0 fully saturated rings. The van der Waals surface area contributed by atoms with Crippen LogP contribution in [0.15, 0.2) is 103 Å². The fraction of sp³-hybridized carbons (Fsp3) is 0.188. The van der Waals surface area contributed by atoms with Crippen molar-refractivity contribution in [2.75, 3.05) is 4.90 Å². The van der Waals surface area contributed by atoms with Crippen LogP contribution >= 0.6 is 0 Å². The summed E-state index contributed by atoms with van der Waals surface area (Å²) in [4.78, 5) is 28.0. The van der Waals surface area contributed by atoms with E-state index in [-0.39, 0.29) is 24.3 Å². The molecule has 0 saturated carbocycles. The van der Waals surface area contributed by atoms with E-state index in [0.717, 1.165) is 33.5 Å². The van der Waals surface area contributed by atoms with E-state index >= 15 is 0 Å². The molecular formula is C32H32N2O2. The summed E-state index contributed by atoms with van der Waals surface area (Å²) >= 11 is 0. The van der Waals surface area contributed by atoms with E-state index in [2.05, 4.69) is 11.4 Å². The average Bonchev–Trinajstić information content (AvgIpc) is 2.88. The fourth-order valence-electron chi connectivity index (χ4n) is 4.22. The molecule has 0 aliphatic heterocycles. The number of carbonyl (C=O) groups excluding carboxylic acids is 2. The lowest BCUT2D eigenvalue weighted by molar-refractivity contribution is -0.121. The number of nitrogens with one attached hydrogen (secondary N) is 1. The molecule has 0 aromatic heterocycles. The van der Waals surface area contributed by atoms with E-state index in [9.17, 15) is 9.59 Å². The highest BCUT2D eigenvalue weighted by Gasteiger charge is 2.19. The van der Waals surface area contributed by atoms with Crippen molar-refractivity contribution in [2.45, 2.75) is 39.8 Å². The molecule has 0 heterocycles. The van der Waals surface area contributed by atoms with Gasteiger partial charge in [0.25, 0.3) is 5.91 Å². The van der Waals surface area contributed by atoms with Crippen molar-refractivity contribution in [1.82, 2.24) is 5.32 Å². The molecule has 0 saturated heterocycles. The molecule has 4 nitrogen and oxygen atoms in total. The Bertz CT molecular complexity index is 1310. The summed E-state index contributed by atoms with van der Waals surface area (Å²) in [5, 5.41) is 3.06. The van der Waals surface area contributed by atoms with E-state index in [1.54, 1.807) is 4.90 Å². The number of benzene rings is 4. The average molecular weight is 477 g/mol. The van der Waals surface area contributed by atoms with Crippen LogP contribution in [0.1, 0.15) is 51.1 Å². The van der Waals surface area contributed by atoms with Gasteiger partial charge in [-0.2, -0.15) is 0 Å². The Morgan fingerprint density at radius 1 is 0.750 bits per heavy atom. The summed E-state index contributed by atoms with van der Waals surface area (Å²) in [6.07, 6.45) is 0.279. The lowest BCUT2D eigenvalue weighted by Gasteiger charge is -2.24. The van der Waals surface area contributed by atoms with Crippen molar-refractivity contribution in [3.05, 3.63) is 137 Å². The van der Waals surface area contributed by atoms with Crippen molar-refractivity contribution < 1.29 is 9.59 Å². The normalized spacial score (nSPS) is 11.5. The van der Waals surface area contributed by atoms with Gasteiger partial charge in [-0.3, -0.25) is 9.59 Å². The summed E-state index contributed by atoms with van der Waals surface area (Å²) in [7, 11) is 0. The third kappa shape index (κ3) is 6.48. The molecule has 0 aliphatic rings. The molecule has 182 valence electrons. The van der Waals surface area contributed by atoms with Crippen LogP contribution in [0.25, 0.3) is 0 Å². The Balaban J connectivity index is 1.51. The maximum atomic E-state index is 13.5. The van der Waals surface area contributed by atoms with E-state index in [1.807, 2.05) is 118 Å². The van der Waals surface area contributed by atoms with Crippen molar-refractivity contribution in [3.63, 3.8) is 0 Å². The maximum Gasteiger partial charge on any atom is 0.258 e. The Kier molecular flexibility index (Phi) is 7.96. The first kappa shape index (κ1) is 24.9. The van der Waals surface area contributed by atoms with Crippen LogP contribution in [0.2, 0.25) is 0 Å². The molecule has 0 spiro atoms. The summed E-state index contributed by atoms with van der Waals surface area (Å²) < 4.78 is 0. The van der Waals surface area contributed by atoms with E-state index in [1.165, 1.54) is 0 Å². The van der Waals surface area contributed by atoms with E-state index < -0.39 is 0 Å². The topological polar surface area (TPSA) is 49.4 Å². The van der Waals surface area contributed by atoms with Gasteiger partial charge in [0.05, 0.1) is 19.0 Å². The molecule has 1 unspecified atom stereocenters. The number of aryl methyl sites for hydroxylation is 2. The lowest BCUT2D eigenvalue weighted by atomic mass is 10.1. The summed E-state index contributed by atoms with van der Waals surface area (Å²) in [6.45, 7) is 6.50. The molecule has 0 radical (unpaired) electrons. The molecule has 4 rings (SSSR count). The molecule has 2 amide bonds. The molecule has 4 aromatic carbocycles. The maximum absolute atomic E-state index is 13.5. The van der Waals surface area contributed by atoms with E-state index in [0.29, 0.717) is 12.1 Å². The SMILES string of the molecule is Cc1ccc(C(=O)N(Cc2cccc(C)c2)c2ccc(CC(=O)NC(C)c3ccccc3)cc2)cc1. The van der Waals surface area contributed by atoms with Gasteiger partial charge >= 0.3 is 0 Å². The van der Waals surface area contributed by atoms with Crippen molar-refractivity contribution >= 4 is 17.5 Å². The Morgan fingerprint density at radius 2 is 1.44 bits per heavy atom. The third-order valence-corrected chi connectivity index (χ3v) is 6.26. The molecular weight excluding hydrogens is 444 g/mol. The number of rotatable bonds is 8. The van der Waals surface area contributed by atoms with Crippen LogP contribution in [-0.4, -0.2) is 11.8 Å². The Labute approximate surface area is 213 Å². The van der Waals surface area contributed by atoms with Gasteiger partial charge in [-0.25, -0.2) is 0 Å². The number of nitrogens with zero attached hydrogens (tertiary/aromatic N) is 1.